The summed E-state index contributed by atoms with van der Waals surface area (Å²) in [4.78, 5) is 0. The van der Waals surface area contributed by atoms with Gasteiger partial charge in [-0.2, -0.15) is 0 Å². The molecule has 3 saturated heterocycles. The average molecular weight is 256 g/mol. The van der Waals surface area contributed by atoms with E-state index in [4.69, 9.17) is 14.2 Å². The largest absolute Gasteiger partial charge is 0.323 e. The molecule has 0 unspecified atom stereocenters. The summed E-state index contributed by atoms with van der Waals surface area (Å²) in [6.07, 6.45) is 0.876. The highest BCUT2D eigenvalue weighted by Crippen LogP contribution is 2.45. The molecule has 0 aromatic heterocycles. The van der Waals surface area contributed by atoms with Crippen LogP contribution in [0.4, 0.5) is 8.78 Å². The Bertz CT molecular complexity index is 431. The van der Waals surface area contributed by atoms with Crippen molar-refractivity contribution in [1.29, 1.82) is 0 Å². The predicted octanol–water partition coefficient (Wildman–Crippen LogP) is 2.55. The molecule has 1 aromatic rings. The zero-order chi connectivity index (χ0) is 12.8. The van der Waals surface area contributed by atoms with Crippen molar-refractivity contribution in [3.8, 4) is 0 Å². The topological polar surface area (TPSA) is 27.7 Å². The lowest BCUT2D eigenvalue weighted by Gasteiger charge is -2.51. The summed E-state index contributed by atoms with van der Waals surface area (Å²) in [6.45, 7) is 3.46. The summed E-state index contributed by atoms with van der Waals surface area (Å²) < 4.78 is 43.2. The fraction of sp³-hybridized carbons (Fsp3) is 0.538. The minimum absolute atomic E-state index is 0.131. The molecule has 5 heteroatoms. The van der Waals surface area contributed by atoms with Crippen LogP contribution in [0.1, 0.15) is 18.9 Å². The van der Waals surface area contributed by atoms with Gasteiger partial charge < -0.3 is 14.2 Å². The minimum Gasteiger partial charge on any atom is -0.323 e. The molecule has 1 aromatic carbocycles. The molecule has 0 atom stereocenters. The Morgan fingerprint density at radius 2 is 1.50 bits per heavy atom. The van der Waals surface area contributed by atoms with E-state index in [1.54, 1.807) is 0 Å². The molecule has 3 nitrogen and oxygen atoms in total. The van der Waals surface area contributed by atoms with Crippen molar-refractivity contribution in [2.24, 2.45) is 5.41 Å². The first-order valence-corrected chi connectivity index (χ1v) is 5.96. The van der Waals surface area contributed by atoms with Crippen molar-refractivity contribution in [1.82, 2.24) is 0 Å². The maximum atomic E-state index is 13.2. The number of ether oxygens (including phenoxy) is 3. The van der Waals surface area contributed by atoms with Crippen LogP contribution in [0.15, 0.2) is 18.2 Å². The van der Waals surface area contributed by atoms with Crippen molar-refractivity contribution < 1.29 is 23.0 Å². The SMILES string of the molecule is CCC12COC(c3cc(F)cc(F)c3)(OC1)OC2. The molecule has 0 N–H and O–H groups in total. The van der Waals surface area contributed by atoms with Gasteiger partial charge in [0.2, 0.25) is 0 Å². The summed E-state index contributed by atoms with van der Waals surface area (Å²) in [5.41, 5.74) is 0.0950. The maximum absolute atomic E-state index is 13.2. The summed E-state index contributed by atoms with van der Waals surface area (Å²) in [5.74, 6) is -2.79. The van der Waals surface area contributed by atoms with Gasteiger partial charge in [0.1, 0.15) is 11.6 Å². The molecule has 3 aliphatic heterocycles. The van der Waals surface area contributed by atoms with Crippen molar-refractivity contribution >= 4 is 0 Å². The Hall–Kier alpha value is -1.04. The molecule has 3 aliphatic rings. The second-order valence-electron chi connectivity index (χ2n) is 4.93. The lowest BCUT2D eigenvalue weighted by molar-refractivity contribution is -0.480. The summed E-state index contributed by atoms with van der Waals surface area (Å²) in [5, 5.41) is 0. The first-order valence-electron chi connectivity index (χ1n) is 5.96. The van der Waals surface area contributed by atoms with Gasteiger partial charge in [0, 0.05) is 17.0 Å². The summed E-state index contributed by atoms with van der Waals surface area (Å²) >= 11 is 0. The smallest absolute Gasteiger partial charge is 0.312 e. The molecule has 0 radical (unpaired) electrons. The Kier molecular flexibility index (Phi) is 2.66. The molecule has 0 saturated carbocycles. The zero-order valence-corrected chi connectivity index (χ0v) is 10.0. The quantitative estimate of drug-likeness (QED) is 0.814. The van der Waals surface area contributed by atoms with Gasteiger partial charge in [-0.05, 0) is 18.6 Å². The fourth-order valence-corrected chi connectivity index (χ4v) is 2.28. The first-order chi connectivity index (χ1) is 8.57. The van der Waals surface area contributed by atoms with E-state index >= 15 is 0 Å². The molecule has 3 heterocycles. The Labute approximate surface area is 104 Å². The molecular formula is C13H14F2O3. The van der Waals surface area contributed by atoms with Crippen LogP contribution in [0.25, 0.3) is 0 Å². The Balaban J connectivity index is 1.93. The van der Waals surface area contributed by atoms with Crippen molar-refractivity contribution in [2.45, 2.75) is 19.3 Å². The molecule has 0 amide bonds. The third-order valence-corrected chi connectivity index (χ3v) is 3.67. The van der Waals surface area contributed by atoms with Crippen LogP contribution < -0.4 is 0 Å². The van der Waals surface area contributed by atoms with E-state index < -0.39 is 17.6 Å². The van der Waals surface area contributed by atoms with Crippen LogP contribution in [0.3, 0.4) is 0 Å². The van der Waals surface area contributed by atoms with Gasteiger partial charge in [-0.1, -0.05) is 6.92 Å². The monoisotopic (exact) mass is 256 g/mol. The highest BCUT2D eigenvalue weighted by atomic mass is 19.1. The minimum atomic E-state index is -1.44. The van der Waals surface area contributed by atoms with Crippen LogP contribution in [0, 0.1) is 17.0 Å². The van der Waals surface area contributed by atoms with E-state index in [0.29, 0.717) is 19.8 Å². The Morgan fingerprint density at radius 1 is 1.00 bits per heavy atom. The third kappa shape index (κ3) is 1.74. The van der Waals surface area contributed by atoms with E-state index in [2.05, 4.69) is 0 Å². The van der Waals surface area contributed by atoms with E-state index in [0.717, 1.165) is 12.5 Å². The van der Waals surface area contributed by atoms with Gasteiger partial charge >= 0.3 is 5.97 Å². The van der Waals surface area contributed by atoms with Gasteiger partial charge in [-0.3, -0.25) is 0 Å². The third-order valence-electron chi connectivity index (χ3n) is 3.67. The number of benzene rings is 1. The van der Waals surface area contributed by atoms with E-state index in [-0.39, 0.29) is 11.0 Å². The summed E-state index contributed by atoms with van der Waals surface area (Å²) in [6, 6.07) is 3.16. The molecule has 0 spiro atoms. The highest BCUT2D eigenvalue weighted by Gasteiger charge is 2.53. The number of rotatable bonds is 2. The van der Waals surface area contributed by atoms with Gasteiger partial charge in [-0.25, -0.2) is 8.78 Å². The second kappa shape index (κ2) is 3.98. The van der Waals surface area contributed by atoms with Crippen LogP contribution in [0.5, 0.6) is 0 Å². The molecule has 18 heavy (non-hydrogen) atoms. The standard InChI is InChI=1S/C13H14F2O3/c1-2-12-6-16-13(17-7-12,18-8-12)9-3-10(14)5-11(15)4-9/h3-5H,2,6-8H2,1H3. The first kappa shape index (κ1) is 12.0. The van der Waals surface area contributed by atoms with Gasteiger partial charge in [0.05, 0.1) is 19.8 Å². The van der Waals surface area contributed by atoms with Crippen LogP contribution >= 0.6 is 0 Å². The lowest BCUT2D eigenvalue weighted by atomic mass is 9.85. The van der Waals surface area contributed by atoms with Gasteiger partial charge in [0.15, 0.2) is 0 Å². The summed E-state index contributed by atoms with van der Waals surface area (Å²) in [7, 11) is 0. The molecule has 4 rings (SSSR count). The number of fused-ring (bicyclic) bond motifs is 3. The number of hydrogen-bond donors (Lipinski definition) is 0. The van der Waals surface area contributed by atoms with Crippen molar-refractivity contribution in [3.63, 3.8) is 0 Å². The lowest BCUT2D eigenvalue weighted by Crippen LogP contribution is -2.58. The normalized spacial score (nSPS) is 34.8. The molecule has 98 valence electrons. The van der Waals surface area contributed by atoms with Gasteiger partial charge in [0.25, 0.3) is 0 Å². The fourth-order valence-electron chi connectivity index (χ4n) is 2.28. The number of halogens is 2. The molecular weight excluding hydrogens is 242 g/mol. The predicted molar refractivity (Wildman–Crippen MR) is 58.6 cm³/mol. The van der Waals surface area contributed by atoms with Crippen LogP contribution in [0.2, 0.25) is 0 Å². The molecule has 2 bridgehead atoms. The van der Waals surface area contributed by atoms with Crippen molar-refractivity contribution in [3.05, 3.63) is 35.4 Å². The maximum Gasteiger partial charge on any atom is 0.312 e. The molecule has 3 fully saturated rings. The van der Waals surface area contributed by atoms with E-state index in [1.807, 2.05) is 6.92 Å². The zero-order valence-electron chi connectivity index (χ0n) is 10.0. The number of hydrogen-bond acceptors (Lipinski definition) is 3. The second-order valence-corrected chi connectivity index (χ2v) is 4.93. The molecule has 0 aliphatic carbocycles. The van der Waals surface area contributed by atoms with E-state index in [9.17, 15) is 8.78 Å². The van der Waals surface area contributed by atoms with Crippen LogP contribution in [-0.2, 0) is 20.2 Å². The van der Waals surface area contributed by atoms with E-state index in [1.165, 1.54) is 12.1 Å². The van der Waals surface area contributed by atoms with Crippen molar-refractivity contribution in [2.75, 3.05) is 19.8 Å². The van der Waals surface area contributed by atoms with Crippen LogP contribution in [-0.4, -0.2) is 19.8 Å². The van der Waals surface area contributed by atoms with Gasteiger partial charge in [-0.15, -0.1) is 0 Å². The highest BCUT2D eigenvalue weighted by molar-refractivity contribution is 5.22. The average Bonchev–Trinajstić information content (AvgIpc) is 2.40. The Morgan fingerprint density at radius 3 is 1.94 bits per heavy atom.